The maximum atomic E-state index is 14.0. The van der Waals surface area contributed by atoms with Gasteiger partial charge >= 0.3 is 12.1 Å². The second-order valence-corrected chi connectivity index (χ2v) is 27.9. The van der Waals surface area contributed by atoms with E-state index in [2.05, 4.69) is 67.2 Å². The third-order valence-corrected chi connectivity index (χ3v) is 18.4. The van der Waals surface area contributed by atoms with E-state index in [1.807, 2.05) is 14.1 Å². The molecule has 38 heteroatoms. The summed E-state index contributed by atoms with van der Waals surface area (Å²) in [7, 11) is 6.89. The largest absolute Gasteiger partial charge is 0.465 e. The van der Waals surface area contributed by atoms with Gasteiger partial charge in [-0.2, -0.15) is 0 Å². The molecule has 0 spiro atoms. The molecule has 2 aromatic heterocycles. The van der Waals surface area contributed by atoms with Crippen molar-refractivity contribution in [1.82, 2.24) is 40.3 Å². The molecule has 0 unspecified atom stereocenters. The number of rotatable bonds is 64. The predicted octanol–water partition coefficient (Wildman–Crippen LogP) is 2.50. The zero-order chi connectivity index (χ0) is 86.1. The van der Waals surface area contributed by atoms with Gasteiger partial charge in [0, 0.05) is 83.1 Å². The standard InChI is InChI=1S/C82H120N10O28/c1-6-7-11-67-88-73-74(92(67)54-58-14-12-57(13-15-58)53-90(2)3)61-18-17-60(80(103)106-5)52-63(61)87-78(73)89-82(104)118-56-59-16-19-65(119-81-77(101)76(100)75(99)66(55-93)120-81)64(51-59)86-69(95)22-26-84-79(102)62(85-70(96)23-27-91-71(97)20-21-72(91)98)10-8-9-25-83-68(94)24-28-107-31-32-109-35-36-111-39-40-113-43-44-115-47-48-117-50-49-116-46-45-114-42-41-112-38-37-110-34-33-108-30-29-105-4/h12-21,51-52,62,66,75-77,81,93,99-101H,6-11,22-50,53-56H2,1-5H3,(H,83,94)(H,84,102)(H,85,96)(H,86,95)(H,87,89,104)/t62-,66+,75+,76-,77-,81-/m0/s1. The minimum atomic E-state index is -1.85. The third kappa shape index (κ3) is 35.7. The van der Waals surface area contributed by atoms with Crippen LogP contribution in [0.4, 0.5) is 16.3 Å². The molecule has 6 atom stereocenters. The van der Waals surface area contributed by atoms with E-state index in [4.69, 9.17) is 85.8 Å². The molecule has 666 valence electrons. The zero-order valence-corrected chi connectivity index (χ0v) is 69.3. The van der Waals surface area contributed by atoms with Crippen LogP contribution in [0.15, 0.2) is 72.8 Å². The van der Waals surface area contributed by atoms with Crippen molar-refractivity contribution in [3.05, 3.63) is 101 Å². The Morgan fingerprint density at radius 3 is 1.68 bits per heavy atom. The average molecular weight is 1690 g/mol. The first-order chi connectivity index (χ1) is 58.3. The number of amides is 7. The van der Waals surface area contributed by atoms with Crippen molar-refractivity contribution in [3.8, 4) is 5.75 Å². The van der Waals surface area contributed by atoms with Crippen LogP contribution in [0, 0.1) is 0 Å². The molecule has 5 aromatic rings. The van der Waals surface area contributed by atoms with Gasteiger partial charge in [0.15, 0.2) is 5.82 Å². The number of carbonyl (C=O) groups is 8. The number of unbranched alkanes of at least 4 members (excludes halogenated alkanes) is 2. The Morgan fingerprint density at radius 2 is 1.13 bits per heavy atom. The van der Waals surface area contributed by atoms with E-state index in [1.165, 1.54) is 25.3 Å². The van der Waals surface area contributed by atoms with Crippen LogP contribution in [0.25, 0.3) is 21.9 Å². The van der Waals surface area contributed by atoms with Crippen LogP contribution < -0.4 is 31.3 Å². The van der Waals surface area contributed by atoms with Gasteiger partial charge in [0.05, 0.1) is 188 Å². The topological polar surface area (TPSA) is 463 Å². The smallest absolute Gasteiger partial charge is 0.413 e. The molecule has 0 radical (unpaired) electrons. The second-order valence-electron chi connectivity index (χ2n) is 27.9. The van der Waals surface area contributed by atoms with Crippen molar-refractivity contribution >= 4 is 80.9 Å². The summed E-state index contributed by atoms with van der Waals surface area (Å²) in [5.41, 5.74) is 3.91. The number of aliphatic hydroxyl groups is 4. The summed E-state index contributed by atoms with van der Waals surface area (Å²) >= 11 is 0. The number of carbonyl (C=O) groups excluding carboxylic acids is 8. The number of aromatic nitrogens is 3. The van der Waals surface area contributed by atoms with Crippen LogP contribution in [0.5, 0.6) is 5.75 Å². The molecule has 4 heterocycles. The minimum absolute atomic E-state index is 0.0354. The number of aryl methyl sites for hydroxylation is 1. The average Bonchev–Trinajstić information content (AvgIpc) is 1.57. The lowest BCUT2D eigenvalue weighted by Crippen LogP contribution is -2.60. The summed E-state index contributed by atoms with van der Waals surface area (Å²) in [6.45, 7) is 11.4. The van der Waals surface area contributed by atoms with Gasteiger partial charge in [0.1, 0.15) is 54.2 Å². The Morgan fingerprint density at radius 1 is 0.575 bits per heavy atom. The molecule has 0 bridgehead atoms. The van der Waals surface area contributed by atoms with Crippen LogP contribution in [0.2, 0.25) is 0 Å². The van der Waals surface area contributed by atoms with Gasteiger partial charge in [-0.25, -0.2) is 19.6 Å². The highest BCUT2D eigenvalue weighted by Gasteiger charge is 2.45. The van der Waals surface area contributed by atoms with Crippen molar-refractivity contribution in [2.45, 2.75) is 121 Å². The molecule has 3 aromatic carbocycles. The molecule has 120 heavy (non-hydrogen) atoms. The fourth-order valence-electron chi connectivity index (χ4n) is 12.1. The molecule has 9 N–H and O–H groups in total. The van der Waals surface area contributed by atoms with Gasteiger partial charge in [0.25, 0.3) is 11.8 Å². The van der Waals surface area contributed by atoms with Crippen molar-refractivity contribution in [3.63, 3.8) is 0 Å². The Hall–Kier alpha value is -8.88. The number of pyridine rings is 1. The number of benzene rings is 3. The Kier molecular flexibility index (Phi) is 46.4. The summed E-state index contributed by atoms with van der Waals surface area (Å²) in [4.78, 5) is 118. The Labute approximate surface area is 698 Å². The van der Waals surface area contributed by atoms with Crippen molar-refractivity contribution in [2.75, 3.05) is 217 Å². The molecular weight excluding hydrogens is 1570 g/mol. The number of hydrogen-bond donors (Lipinski definition) is 9. The van der Waals surface area contributed by atoms with E-state index >= 15 is 0 Å². The van der Waals surface area contributed by atoms with E-state index < -0.39 is 91.6 Å². The van der Waals surface area contributed by atoms with Crippen molar-refractivity contribution in [2.24, 2.45) is 0 Å². The first-order valence-corrected chi connectivity index (χ1v) is 40.5. The number of imidazole rings is 1. The van der Waals surface area contributed by atoms with Gasteiger partial charge in [-0.3, -0.25) is 39.0 Å². The summed E-state index contributed by atoms with van der Waals surface area (Å²) in [6, 6.07) is 16.3. The van der Waals surface area contributed by atoms with Crippen LogP contribution >= 0.6 is 0 Å². The molecule has 7 rings (SSSR count). The highest BCUT2D eigenvalue weighted by Crippen LogP contribution is 2.34. The number of hydrogen-bond acceptors (Lipinski definition) is 31. The van der Waals surface area contributed by atoms with Crippen molar-refractivity contribution < 1.29 is 135 Å². The summed E-state index contributed by atoms with van der Waals surface area (Å²) in [5, 5.41) is 56.3. The van der Waals surface area contributed by atoms with Gasteiger partial charge < -0.3 is 127 Å². The number of esters is 1. The lowest BCUT2D eigenvalue weighted by Gasteiger charge is -2.39. The lowest BCUT2D eigenvalue weighted by atomic mass is 9.99. The molecular formula is C82H120N10O28. The van der Waals surface area contributed by atoms with E-state index in [1.54, 1.807) is 25.3 Å². The Balaban J connectivity index is 0.821. The lowest BCUT2D eigenvalue weighted by molar-refractivity contribution is -0.277. The maximum Gasteiger partial charge on any atom is 0.413 e. The van der Waals surface area contributed by atoms with Crippen molar-refractivity contribution in [1.29, 1.82) is 0 Å². The van der Waals surface area contributed by atoms with Crippen LogP contribution in [-0.4, -0.2) is 336 Å². The molecule has 38 nitrogen and oxygen atoms in total. The molecule has 2 aliphatic rings. The van der Waals surface area contributed by atoms with E-state index in [0.29, 0.717) is 180 Å². The number of fused-ring (bicyclic) bond motifs is 3. The SMILES string of the molecule is CCCCc1nc2c(NC(=O)OCc3ccc(O[C@H]4O[C@H](CO)[C@@H](O)[C@H](O)[C@@H]4O)c(NC(=O)CCNC(=O)[C@H](CCCCNC(=O)CCOCCOCCOCCOCCOCCOCCOCCOCCOCCOCCOCCOC)NC(=O)CCN4C(=O)C=CC4=O)c3)nc3cc(C(=O)OC)ccc3c2n1Cc1ccc(CN(C)C)cc1. The van der Waals surface area contributed by atoms with Gasteiger partial charge in [-0.15, -0.1) is 0 Å². The zero-order valence-electron chi connectivity index (χ0n) is 69.3. The summed E-state index contributed by atoms with van der Waals surface area (Å²) in [6.07, 6.45) is -4.84. The van der Waals surface area contributed by atoms with E-state index in [0.717, 1.165) is 53.4 Å². The first kappa shape index (κ1) is 98.2. The number of aliphatic hydroxyl groups excluding tert-OH is 4. The molecule has 0 saturated carbocycles. The van der Waals surface area contributed by atoms with E-state index in [-0.39, 0.29) is 99.4 Å². The number of nitrogens with zero attached hydrogens (tertiary/aromatic N) is 5. The number of ether oxygens (including phenoxy) is 16. The van der Waals surface area contributed by atoms with Crippen LogP contribution in [0.1, 0.15) is 91.2 Å². The van der Waals surface area contributed by atoms with Gasteiger partial charge in [0.2, 0.25) is 29.9 Å². The monoisotopic (exact) mass is 1690 g/mol. The predicted molar refractivity (Wildman–Crippen MR) is 434 cm³/mol. The molecule has 1 saturated heterocycles. The second kappa shape index (κ2) is 56.7. The fraction of sp³-hybridized carbons (Fsp3) is 0.610. The molecule has 2 aliphatic heterocycles. The maximum absolute atomic E-state index is 14.0. The van der Waals surface area contributed by atoms with Crippen LogP contribution in [0.3, 0.4) is 0 Å². The fourth-order valence-corrected chi connectivity index (χ4v) is 12.1. The summed E-state index contributed by atoms with van der Waals surface area (Å²) < 4.78 is 89.9. The number of anilines is 2. The van der Waals surface area contributed by atoms with E-state index in [9.17, 15) is 58.8 Å². The minimum Gasteiger partial charge on any atom is -0.465 e. The Bertz CT molecular complexity index is 3930. The third-order valence-electron chi connectivity index (χ3n) is 18.4. The molecule has 1 fully saturated rings. The first-order valence-electron chi connectivity index (χ1n) is 40.5. The summed E-state index contributed by atoms with van der Waals surface area (Å²) in [5.74, 6) is -3.48. The highest BCUT2D eigenvalue weighted by molar-refractivity contribution is 6.13. The normalized spacial score (nSPS) is 16.2. The number of nitrogens with one attached hydrogen (secondary N) is 5. The number of imide groups is 1. The quantitative estimate of drug-likeness (QED) is 0.0153. The molecule has 7 amide bonds. The van der Waals surface area contributed by atoms with Gasteiger partial charge in [-0.1, -0.05) is 43.7 Å². The number of methoxy groups -OCH3 is 2. The van der Waals surface area contributed by atoms with Gasteiger partial charge in [-0.05, 0) is 86.8 Å². The highest BCUT2D eigenvalue weighted by atomic mass is 16.7. The molecule has 0 aliphatic carbocycles. The van der Waals surface area contributed by atoms with Crippen LogP contribution in [-0.2, 0) is 126 Å².